The van der Waals surface area contributed by atoms with Gasteiger partial charge in [0, 0.05) is 26.4 Å². The molecule has 0 aromatic carbocycles. The zero-order valence-corrected chi connectivity index (χ0v) is 14.9. The second-order valence-electron chi connectivity index (χ2n) is 5.79. The normalized spacial score (nSPS) is 11.0. The summed E-state index contributed by atoms with van der Waals surface area (Å²) in [5.41, 5.74) is 1.55. The highest BCUT2D eigenvalue weighted by Gasteiger charge is 2.22. The fourth-order valence-electron chi connectivity index (χ4n) is 2.26. The van der Waals surface area contributed by atoms with Crippen LogP contribution in [0.1, 0.15) is 29.2 Å². The lowest BCUT2D eigenvalue weighted by Crippen LogP contribution is -2.36. The lowest BCUT2D eigenvalue weighted by molar-refractivity contribution is 0.0676. The molecule has 23 heavy (non-hydrogen) atoms. The first-order valence-corrected chi connectivity index (χ1v) is 8.51. The molecule has 0 radical (unpaired) electrons. The van der Waals surface area contributed by atoms with Crippen LogP contribution >= 0.6 is 11.3 Å². The number of hydrogen-bond acceptors (Lipinski definition) is 5. The van der Waals surface area contributed by atoms with Crippen LogP contribution in [0, 0.1) is 12.8 Å². The van der Waals surface area contributed by atoms with Crippen molar-refractivity contribution in [3.05, 3.63) is 35.0 Å². The summed E-state index contributed by atoms with van der Waals surface area (Å²) in [6.07, 6.45) is 1.73. The molecule has 1 amide bonds. The second-order valence-corrected chi connectivity index (χ2v) is 6.79. The molecule has 0 aliphatic carbocycles. The summed E-state index contributed by atoms with van der Waals surface area (Å²) in [6.45, 7) is 7.91. The van der Waals surface area contributed by atoms with Gasteiger partial charge in [-0.2, -0.15) is 0 Å². The quantitative estimate of drug-likeness (QED) is 0.780. The third-order valence-corrected chi connectivity index (χ3v) is 4.48. The maximum atomic E-state index is 12.9. The Morgan fingerprint density at radius 3 is 2.78 bits per heavy atom. The Bertz CT molecular complexity index is 641. The smallest absolute Gasteiger partial charge is 0.265 e. The number of thiazole rings is 1. The number of ether oxygens (including phenoxy) is 1. The summed E-state index contributed by atoms with van der Waals surface area (Å²) < 4.78 is 5.13. The third-order valence-electron chi connectivity index (χ3n) is 3.31. The van der Waals surface area contributed by atoms with E-state index in [1.165, 1.54) is 11.3 Å². The maximum absolute atomic E-state index is 12.9. The molecule has 0 fully saturated rings. The molecule has 0 aliphatic rings. The molecular weight excluding hydrogens is 310 g/mol. The van der Waals surface area contributed by atoms with Crippen molar-refractivity contribution in [2.45, 2.75) is 20.8 Å². The van der Waals surface area contributed by atoms with E-state index in [4.69, 9.17) is 4.74 Å². The molecule has 0 spiro atoms. The number of hydrogen-bond donors (Lipinski definition) is 0. The minimum absolute atomic E-state index is 0.0212. The number of pyridine rings is 1. The first kappa shape index (κ1) is 17.6. The van der Waals surface area contributed by atoms with Gasteiger partial charge in [-0.3, -0.25) is 9.78 Å². The first-order chi connectivity index (χ1) is 11.0. The largest absolute Gasteiger partial charge is 0.383 e. The van der Waals surface area contributed by atoms with Crippen LogP contribution < -0.4 is 0 Å². The molecule has 0 saturated heterocycles. The van der Waals surface area contributed by atoms with Crippen molar-refractivity contribution in [2.24, 2.45) is 5.92 Å². The number of amides is 1. The fourth-order valence-corrected chi connectivity index (χ4v) is 3.27. The Hall–Kier alpha value is -1.79. The Kier molecular flexibility index (Phi) is 6.24. The summed E-state index contributed by atoms with van der Waals surface area (Å²) in [7, 11) is 1.65. The summed E-state index contributed by atoms with van der Waals surface area (Å²) in [5.74, 6) is 0.423. The van der Waals surface area contributed by atoms with Crippen LogP contribution in [0.2, 0.25) is 0 Å². The van der Waals surface area contributed by atoms with E-state index >= 15 is 0 Å². The standard InChI is InChI=1S/C17H23N3O2S/c1-12(2)11-20(9-10-22-4)17(21)15-13(3)19-16(23-15)14-7-5-6-8-18-14/h5-8,12H,9-11H2,1-4H3. The van der Waals surface area contributed by atoms with E-state index in [-0.39, 0.29) is 5.91 Å². The highest BCUT2D eigenvalue weighted by atomic mass is 32.1. The van der Waals surface area contributed by atoms with E-state index in [0.717, 1.165) is 16.4 Å². The van der Waals surface area contributed by atoms with Crippen molar-refractivity contribution >= 4 is 17.2 Å². The minimum Gasteiger partial charge on any atom is -0.383 e. The number of methoxy groups -OCH3 is 1. The molecule has 0 N–H and O–H groups in total. The van der Waals surface area contributed by atoms with Crippen molar-refractivity contribution in [1.82, 2.24) is 14.9 Å². The van der Waals surface area contributed by atoms with Crippen molar-refractivity contribution in [3.8, 4) is 10.7 Å². The van der Waals surface area contributed by atoms with Crippen molar-refractivity contribution in [3.63, 3.8) is 0 Å². The number of rotatable bonds is 7. The van der Waals surface area contributed by atoms with Crippen molar-refractivity contribution in [1.29, 1.82) is 0 Å². The second kappa shape index (κ2) is 8.17. The van der Waals surface area contributed by atoms with Crippen LogP contribution in [0.5, 0.6) is 0 Å². The van der Waals surface area contributed by atoms with Crippen molar-refractivity contribution < 1.29 is 9.53 Å². The van der Waals surface area contributed by atoms with Gasteiger partial charge in [0.2, 0.25) is 0 Å². The topological polar surface area (TPSA) is 55.3 Å². The average molecular weight is 333 g/mol. The highest BCUT2D eigenvalue weighted by molar-refractivity contribution is 7.17. The molecule has 2 aromatic heterocycles. The van der Waals surface area contributed by atoms with Gasteiger partial charge >= 0.3 is 0 Å². The van der Waals surface area contributed by atoms with Gasteiger partial charge < -0.3 is 9.64 Å². The van der Waals surface area contributed by atoms with E-state index in [9.17, 15) is 4.79 Å². The lowest BCUT2D eigenvalue weighted by atomic mass is 10.2. The van der Waals surface area contributed by atoms with E-state index in [0.29, 0.717) is 30.5 Å². The Balaban J connectivity index is 2.25. The summed E-state index contributed by atoms with van der Waals surface area (Å²) in [5, 5.41) is 0.780. The molecule has 0 saturated carbocycles. The van der Waals surface area contributed by atoms with Crippen LogP contribution in [0.15, 0.2) is 24.4 Å². The Labute approximate surface area is 141 Å². The lowest BCUT2D eigenvalue weighted by Gasteiger charge is -2.23. The zero-order valence-electron chi connectivity index (χ0n) is 14.1. The number of nitrogens with zero attached hydrogens (tertiary/aromatic N) is 3. The monoisotopic (exact) mass is 333 g/mol. The number of carbonyl (C=O) groups excluding carboxylic acids is 1. The van der Waals surface area contributed by atoms with Gasteiger partial charge in [-0.05, 0) is 25.0 Å². The van der Waals surface area contributed by atoms with Gasteiger partial charge in [-0.1, -0.05) is 19.9 Å². The van der Waals surface area contributed by atoms with Crippen LogP contribution in [-0.4, -0.2) is 47.6 Å². The first-order valence-electron chi connectivity index (χ1n) is 7.70. The van der Waals surface area contributed by atoms with E-state index in [1.54, 1.807) is 13.3 Å². The van der Waals surface area contributed by atoms with Crippen LogP contribution in [0.25, 0.3) is 10.7 Å². The van der Waals surface area contributed by atoms with E-state index in [1.807, 2.05) is 30.0 Å². The third kappa shape index (κ3) is 4.59. The maximum Gasteiger partial charge on any atom is 0.265 e. The van der Waals surface area contributed by atoms with Crippen LogP contribution in [-0.2, 0) is 4.74 Å². The molecule has 2 heterocycles. The molecular formula is C17H23N3O2S. The van der Waals surface area contributed by atoms with Gasteiger partial charge in [0.05, 0.1) is 18.0 Å². The predicted octanol–water partition coefficient (Wildman–Crippen LogP) is 3.26. The van der Waals surface area contributed by atoms with Gasteiger partial charge in [0.1, 0.15) is 9.88 Å². The predicted molar refractivity (Wildman–Crippen MR) is 92.7 cm³/mol. The van der Waals surface area contributed by atoms with Crippen LogP contribution in [0.4, 0.5) is 0 Å². The minimum atomic E-state index is 0.0212. The highest BCUT2D eigenvalue weighted by Crippen LogP contribution is 2.27. The molecule has 0 unspecified atom stereocenters. The molecule has 6 heteroatoms. The SMILES string of the molecule is COCCN(CC(C)C)C(=O)c1sc(-c2ccccn2)nc1C. The van der Waals surface area contributed by atoms with E-state index < -0.39 is 0 Å². The zero-order chi connectivity index (χ0) is 16.8. The Morgan fingerprint density at radius 2 is 2.17 bits per heavy atom. The van der Waals surface area contributed by atoms with Gasteiger partial charge in [0.15, 0.2) is 0 Å². The molecule has 2 aromatic rings. The molecule has 0 bridgehead atoms. The van der Waals surface area contributed by atoms with Crippen molar-refractivity contribution in [2.75, 3.05) is 26.8 Å². The van der Waals surface area contributed by atoms with Gasteiger partial charge in [-0.15, -0.1) is 11.3 Å². The summed E-state index contributed by atoms with van der Waals surface area (Å²) in [6, 6.07) is 5.69. The summed E-state index contributed by atoms with van der Waals surface area (Å²) in [4.78, 5) is 24.2. The molecule has 2 rings (SSSR count). The number of aromatic nitrogens is 2. The summed E-state index contributed by atoms with van der Waals surface area (Å²) >= 11 is 1.40. The number of carbonyl (C=O) groups is 1. The molecule has 5 nitrogen and oxygen atoms in total. The molecule has 0 atom stereocenters. The Morgan fingerprint density at radius 1 is 1.39 bits per heavy atom. The van der Waals surface area contributed by atoms with Crippen LogP contribution in [0.3, 0.4) is 0 Å². The fraction of sp³-hybridized carbons (Fsp3) is 0.471. The van der Waals surface area contributed by atoms with Gasteiger partial charge in [-0.25, -0.2) is 4.98 Å². The molecule has 0 aliphatic heterocycles. The van der Waals surface area contributed by atoms with Gasteiger partial charge in [0.25, 0.3) is 5.91 Å². The molecule has 124 valence electrons. The van der Waals surface area contributed by atoms with E-state index in [2.05, 4.69) is 23.8 Å². The number of aryl methyl sites for hydroxylation is 1. The average Bonchev–Trinajstić information content (AvgIpc) is 2.93.